The number of rotatable bonds is 3. The van der Waals surface area contributed by atoms with Crippen molar-refractivity contribution < 1.29 is 18.0 Å². The number of halogens is 1. The molecule has 0 saturated carbocycles. The Bertz CT molecular complexity index is 1040. The van der Waals surface area contributed by atoms with Gasteiger partial charge in [-0.25, -0.2) is 13.1 Å². The first kappa shape index (κ1) is 20.3. The van der Waals surface area contributed by atoms with Crippen molar-refractivity contribution in [2.24, 2.45) is 0 Å². The van der Waals surface area contributed by atoms with Gasteiger partial charge in [0.05, 0.1) is 22.7 Å². The lowest BCUT2D eigenvalue weighted by molar-refractivity contribution is -0.136. The molecule has 0 bridgehead atoms. The first-order valence-electron chi connectivity index (χ1n) is 8.61. The maximum atomic E-state index is 12.4. The molecule has 1 aliphatic rings. The third-order valence-corrected chi connectivity index (χ3v) is 5.92. The molecule has 28 heavy (non-hydrogen) atoms. The largest absolute Gasteiger partial charge is 0.344 e. The van der Waals surface area contributed by atoms with E-state index in [4.69, 9.17) is 11.6 Å². The van der Waals surface area contributed by atoms with Gasteiger partial charge >= 0.3 is 11.8 Å². The molecule has 2 aromatic rings. The Labute approximate surface area is 168 Å². The van der Waals surface area contributed by atoms with Gasteiger partial charge in [-0.15, -0.1) is 0 Å². The number of carbonyl (C=O) groups excluding carboxylic acids is 2. The number of carbonyl (C=O) groups is 2. The second kappa shape index (κ2) is 7.21. The second-order valence-corrected chi connectivity index (χ2v) is 10.2. The Kier molecular flexibility index (Phi) is 5.24. The Morgan fingerprint density at radius 3 is 2.39 bits per heavy atom. The number of benzene rings is 1. The van der Waals surface area contributed by atoms with Gasteiger partial charge in [-0.05, 0) is 38.5 Å². The minimum Gasteiger partial charge on any atom is -0.344 e. The van der Waals surface area contributed by atoms with Gasteiger partial charge in [-0.1, -0.05) is 23.7 Å². The number of sulfone groups is 1. The van der Waals surface area contributed by atoms with E-state index in [1.165, 1.54) is 0 Å². The van der Waals surface area contributed by atoms with Crippen molar-refractivity contribution >= 4 is 39.1 Å². The molecule has 150 valence electrons. The number of anilines is 1. The fourth-order valence-corrected chi connectivity index (χ4v) is 4.51. The van der Waals surface area contributed by atoms with Crippen LogP contribution in [-0.4, -0.2) is 30.0 Å². The molecule has 3 rings (SSSR count). The van der Waals surface area contributed by atoms with E-state index in [2.05, 4.69) is 15.7 Å². The van der Waals surface area contributed by atoms with Crippen LogP contribution in [0.15, 0.2) is 24.3 Å². The molecule has 0 fully saturated rings. The van der Waals surface area contributed by atoms with Crippen molar-refractivity contribution in [2.45, 2.75) is 44.4 Å². The smallest absolute Gasteiger partial charge is 0.314 e. The second-order valence-electron chi connectivity index (χ2n) is 7.65. The molecule has 10 heteroatoms. The summed E-state index contributed by atoms with van der Waals surface area (Å²) in [5.74, 6) is -1.84. The number of nitrogens with one attached hydrogen (secondary N) is 2. The van der Waals surface area contributed by atoms with Crippen LogP contribution in [-0.2, 0) is 43.0 Å². The van der Waals surface area contributed by atoms with E-state index in [1.54, 1.807) is 28.9 Å². The number of hydrogen-bond donors (Lipinski definition) is 2. The lowest BCUT2D eigenvalue weighted by Crippen LogP contribution is -2.37. The standard InChI is InChI=1S/C18H21ClN4O4S/c1-18(2,3)23-15(13-9-28(26,27)10-14(13)22-23)21-17(25)16(24)20-8-11-4-6-12(19)7-5-11/h4-7H,8-10H2,1-3H3,(H,20,24)(H,21,25). The van der Waals surface area contributed by atoms with E-state index in [0.29, 0.717) is 16.3 Å². The minimum atomic E-state index is -3.29. The highest BCUT2D eigenvalue weighted by Gasteiger charge is 2.35. The monoisotopic (exact) mass is 424 g/mol. The summed E-state index contributed by atoms with van der Waals surface area (Å²) in [5, 5.41) is 10.0. The van der Waals surface area contributed by atoms with E-state index in [0.717, 1.165) is 5.56 Å². The minimum absolute atomic E-state index is 0.161. The molecule has 0 saturated heterocycles. The van der Waals surface area contributed by atoms with Crippen LogP contribution in [0.3, 0.4) is 0 Å². The first-order chi connectivity index (χ1) is 13.0. The van der Waals surface area contributed by atoms with Crippen molar-refractivity contribution in [3.8, 4) is 0 Å². The Morgan fingerprint density at radius 1 is 1.14 bits per heavy atom. The maximum absolute atomic E-state index is 12.4. The van der Waals surface area contributed by atoms with Gasteiger partial charge < -0.3 is 10.6 Å². The highest BCUT2D eigenvalue weighted by atomic mass is 35.5. The number of hydrogen-bond acceptors (Lipinski definition) is 5. The molecule has 2 N–H and O–H groups in total. The fourth-order valence-electron chi connectivity index (χ4n) is 2.89. The molecule has 0 unspecified atom stereocenters. The molecule has 0 spiro atoms. The zero-order valence-electron chi connectivity index (χ0n) is 15.7. The molecule has 1 aromatic heterocycles. The van der Waals surface area contributed by atoms with Crippen LogP contribution >= 0.6 is 11.6 Å². The molecular formula is C18H21ClN4O4S. The van der Waals surface area contributed by atoms with Crippen LogP contribution in [0.1, 0.15) is 37.6 Å². The van der Waals surface area contributed by atoms with Crippen LogP contribution in [0.5, 0.6) is 0 Å². The highest BCUT2D eigenvalue weighted by Crippen LogP contribution is 2.34. The Balaban J connectivity index is 1.76. The average molecular weight is 425 g/mol. The topological polar surface area (TPSA) is 110 Å². The van der Waals surface area contributed by atoms with Crippen LogP contribution in [0, 0.1) is 0 Å². The van der Waals surface area contributed by atoms with E-state index in [1.807, 2.05) is 20.8 Å². The molecular weight excluding hydrogens is 404 g/mol. The first-order valence-corrected chi connectivity index (χ1v) is 10.8. The maximum Gasteiger partial charge on any atom is 0.314 e. The van der Waals surface area contributed by atoms with Crippen molar-refractivity contribution in [1.29, 1.82) is 0 Å². The Morgan fingerprint density at radius 2 is 1.79 bits per heavy atom. The highest BCUT2D eigenvalue weighted by molar-refractivity contribution is 7.90. The van der Waals surface area contributed by atoms with Crippen LogP contribution in [0.2, 0.25) is 5.02 Å². The quantitative estimate of drug-likeness (QED) is 0.732. The molecule has 2 amide bonds. The van der Waals surface area contributed by atoms with Crippen molar-refractivity contribution in [1.82, 2.24) is 15.1 Å². The normalized spacial score (nSPS) is 15.1. The third-order valence-electron chi connectivity index (χ3n) is 4.23. The van der Waals surface area contributed by atoms with Gasteiger partial charge in [-0.2, -0.15) is 5.10 Å². The van der Waals surface area contributed by atoms with Gasteiger partial charge in [0.1, 0.15) is 5.82 Å². The lowest BCUT2D eigenvalue weighted by Gasteiger charge is -2.23. The summed E-state index contributed by atoms with van der Waals surface area (Å²) in [7, 11) is -3.29. The molecule has 2 heterocycles. The van der Waals surface area contributed by atoms with Gasteiger partial charge in [-0.3, -0.25) is 9.59 Å². The van der Waals surface area contributed by atoms with E-state index >= 15 is 0 Å². The molecule has 1 aromatic carbocycles. The number of nitrogens with zero attached hydrogens (tertiary/aromatic N) is 2. The van der Waals surface area contributed by atoms with Gasteiger partial charge in [0.15, 0.2) is 9.84 Å². The molecule has 8 nitrogen and oxygen atoms in total. The summed E-state index contributed by atoms with van der Waals surface area (Å²) in [6.07, 6.45) is 0. The van der Waals surface area contributed by atoms with Crippen molar-refractivity contribution in [3.05, 3.63) is 46.1 Å². The lowest BCUT2D eigenvalue weighted by atomic mass is 10.1. The number of fused-ring (bicyclic) bond motifs is 1. The zero-order valence-corrected chi connectivity index (χ0v) is 17.3. The summed E-state index contributed by atoms with van der Waals surface area (Å²) in [6, 6.07) is 6.86. The number of aromatic nitrogens is 2. The SMILES string of the molecule is CC(C)(C)n1nc2c(c1NC(=O)C(=O)NCc1ccc(Cl)cc1)CS(=O)(=O)C2. The molecule has 0 atom stereocenters. The van der Waals surface area contributed by atoms with E-state index < -0.39 is 27.2 Å². The summed E-state index contributed by atoms with van der Waals surface area (Å²) in [6.45, 7) is 5.79. The predicted molar refractivity (Wildman–Crippen MR) is 105 cm³/mol. The average Bonchev–Trinajstić information content (AvgIpc) is 3.06. The predicted octanol–water partition coefficient (Wildman–Crippen LogP) is 1.97. The molecule has 1 aliphatic heterocycles. The van der Waals surface area contributed by atoms with E-state index in [-0.39, 0.29) is 23.9 Å². The fraction of sp³-hybridized carbons (Fsp3) is 0.389. The van der Waals surface area contributed by atoms with Crippen LogP contribution < -0.4 is 10.6 Å². The van der Waals surface area contributed by atoms with Gasteiger partial charge in [0, 0.05) is 17.1 Å². The van der Waals surface area contributed by atoms with Gasteiger partial charge in [0.2, 0.25) is 0 Å². The van der Waals surface area contributed by atoms with Crippen molar-refractivity contribution in [2.75, 3.05) is 5.32 Å². The summed E-state index contributed by atoms with van der Waals surface area (Å²) in [5.41, 5.74) is 1.13. The van der Waals surface area contributed by atoms with Crippen molar-refractivity contribution in [3.63, 3.8) is 0 Å². The van der Waals surface area contributed by atoms with Gasteiger partial charge in [0.25, 0.3) is 0 Å². The van der Waals surface area contributed by atoms with Crippen LogP contribution in [0.4, 0.5) is 5.82 Å². The molecule has 0 radical (unpaired) electrons. The molecule has 0 aliphatic carbocycles. The Hall–Kier alpha value is -2.39. The van der Waals surface area contributed by atoms with Crippen LogP contribution in [0.25, 0.3) is 0 Å². The summed E-state index contributed by atoms with van der Waals surface area (Å²) >= 11 is 5.82. The summed E-state index contributed by atoms with van der Waals surface area (Å²) in [4.78, 5) is 24.6. The van der Waals surface area contributed by atoms with E-state index in [9.17, 15) is 18.0 Å². The third kappa shape index (κ3) is 4.36. The number of amides is 2. The summed E-state index contributed by atoms with van der Waals surface area (Å²) < 4.78 is 25.4. The zero-order chi connectivity index (χ0) is 20.7.